The number of halogens is 1. The standard InChI is InChI=1S/C18H22N2O2.ClH/c21-17-7-4-8-18(15-17)22-14-13-19-9-11-20(12-10-19)16-5-2-1-3-6-16;/h1-8,15,21H,9-14H2;1H. The lowest BCUT2D eigenvalue weighted by Crippen LogP contribution is -2.47. The quantitative estimate of drug-likeness (QED) is 0.911. The average Bonchev–Trinajstić information content (AvgIpc) is 2.56. The summed E-state index contributed by atoms with van der Waals surface area (Å²) in [6.45, 7) is 5.77. The van der Waals surface area contributed by atoms with E-state index in [0.29, 0.717) is 6.61 Å². The number of phenolic OH excluding ortho intramolecular Hbond substituents is 1. The summed E-state index contributed by atoms with van der Waals surface area (Å²) in [5.41, 5.74) is 1.30. The van der Waals surface area contributed by atoms with E-state index in [0.717, 1.165) is 38.5 Å². The van der Waals surface area contributed by atoms with Gasteiger partial charge in [-0.1, -0.05) is 24.3 Å². The zero-order valence-electron chi connectivity index (χ0n) is 13.1. The van der Waals surface area contributed by atoms with Gasteiger partial charge in [0.2, 0.25) is 0 Å². The van der Waals surface area contributed by atoms with Crippen LogP contribution in [0.1, 0.15) is 0 Å². The van der Waals surface area contributed by atoms with Gasteiger partial charge in [0.05, 0.1) is 0 Å². The van der Waals surface area contributed by atoms with Gasteiger partial charge in [-0.3, -0.25) is 4.90 Å². The van der Waals surface area contributed by atoms with Crippen molar-refractivity contribution in [2.45, 2.75) is 0 Å². The molecule has 0 aliphatic carbocycles. The van der Waals surface area contributed by atoms with Crippen molar-refractivity contribution in [1.82, 2.24) is 4.90 Å². The Kier molecular flexibility index (Phi) is 6.56. The predicted molar refractivity (Wildman–Crippen MR) is 95.9 cm³/mol. The summed E-state index contributed by atoms with van der Waals surface area (Å²) in [7, 11) is 0. The molecule has 124 valence electrons. The van der Waals surface area contributed by atoms with Gasteiger partial charge in [-0.15, -0.1) is 12.4 Å². The maximum absolute atomic E-state index is 9.40. The van der Waals surface area contributed by atoms with Gasteiger partial charge in [-0.25, -0.2) is 0 Å². The third-order valence-electron chi connectivity index (χ3n) is 3.99. The van der Waals surface area contributed by atoms with E-state index in [4.69, 9.17) is 4.74 Å². The van der Waals surface area contributed by atoms with Crippen molar-refractivity contribution in [3.63, 3.8) is 0 Å². The number of para-hydroxylation sites is 1. The summed E-state index contributed by atoms with van der Waals surface area (Å²) >= 11 is 0. The molecule has 23 heavy (non-hydrogen) atoms. The molecule has 1 fully saturated rings. The average molecular weight is 335 g/mol. The molecule has 2 aromatic rings. The van der Waals surface area contributed by atoms with E-state index < -0.39 is 0 Å². The van der Waals surface area contributed by atoms with Gasteiger partial charge in [0.25, 0.3) is 0 Å². The number of ether oxygens (including phenoxy) is 1. The SMILES string of the molecule is Cl.Oc1cccc(OCCN2CCN(c3ccccc3)CC2)c1. The number of hydrogen-bond donors (Lipinski definition) is 1. The number of nitrogens with zero attached hydrogens (tertiary/aromatic N) is 2. The number of hydrogen-bond acceptors (Lipinski definition) is 4. The van der Waals surface area contributed by atoms with Crippen LogP contribution < -0.4 is 9.64 Å². The van der Waals surface area contributed by atoms with Crippen LogP contribution in [0.2, 0.25) is 0 Å². The Bertz CT molecular complexity index is 587. The van der Waals surface area contributed by atoms with E-state index >= 15 is 0 Å². The second-order valence-corrected chi connectivity index (χ2v) is 5.51. The lowest BCUT2D eigenvalue weighted by atomic mass is 10.2. The van der Waals surface area contributed by atoms with E-state index in [-0.39, 0.29) is 18.2 Å². The summed E-state index contributed by atoms with van der Waals surface area (Å²) in [5.74, 6) is 0.969. The van der Waals surface area contributed by atoms with E-state index in [1.54, 1.807) is 18.2 Å². The van der Waals surface area contributed by atoms with Crippen LogP contribution in [0.4, 0.5) is 5.69 Å². The molecular formula is C18H23ClN2O2. The molecule has 0 unspecified atom stereocenters. The number of phenols is 1. The van der Waals surface area contributed by atoms with Crippen molar-refractivity contribution in [1.29, 1.82) is 0 Å². The second kappa shape index (κ2) is 8.65. The Hall–Kier alpha value is -1.91. The fourth-order valence-electron chi connectivity index (χ4n) is 2.73. The first-order valence-corrected chi connectivity index (χ1v) is 7.75. The van der Waals surface area contributed by atoms with Crippen molar-refractivity contribution >= 4 is 18.1 Å². The predicted octanol–water partition coefficient (Wildman–Crippen LogP) is 3.02. The first-order chi connectivity index (χ1) is 10.8. The first-order valence-electron chi connectivity index (χ1n) is 7.75. The van der Waals surface area contributed by atoms with Crippen LogP contribution in [0, 0.1) is 0 Å². The molecule has 4 nitrogen and oxygen atoms in total. The molecule has 0 bridgehead atoms. The minimum atomic E-state index is 0. The van der Waals surface area contributed by atoms with Gasteiger partial charge in [-0.2, -0.15) is 0 Å². The maximum atomic E-state index is 9.40. The summed E-state index contributed by atoms with van der Waals surface area (Å²) in [4.78, 5) is 4.84. The molecule has 0 amide bonds. The summed E-state index contributed by atoms with van der Waals surface area (Å²) in [5, 5.41) is 9.40. The van der Waals surface area contributed by atoms with Crippen LogP contribution in [-0.4, -0.2) is 49.3 Å². The fourth-order valence-corrected chi connectivity index (χ4v) is 2.73. The highest BCUT2D eigenvalue weighted by molar-refractivity contribution is 5.85. The van der Waals surface area contributed by atoms with Gasteiger partial charge in [0.1, 0.15) is 18.1 Å². The van der Waals surface area contributed by atoms with Gasteiger partial charge in [0.15, 0.2) is 0 Å². The summed E-state index contributed by atoms with van der Waals surface area (Å²) in [6, 6.07) is 17.5. The zero-order chi connectivity index (χ0) is 15.2. The Morgan fingerprint density at radius 1 is 0.913 bits per heavy atom. The van der Waals surface area contributed by atoms with E-state index in [1.807, 2.05) is 6.07 Å². The number of aromatic hydroxyl groups is 1. The van der Waals surface area contributed by atoms with Gasteiger partial charge in [0, 0.05) is 44.5 Å². The smallest absolute Gasteiger partial charge is 0.123 e. The molecule has 0 spiro atoms. The van der Waals surface area contributed by atoms with Crippen LogP contribution in [-0.2, 0) is 0 Å². The van der Waals surface area contributed by atoms with Crippen LogP contribution >= 0.6 is 12.4 Å². The molecule has 1 aliphatic heterocycles. The van der Waals surface area contributed by atoms with Crippen molar-refractivity contribution in [3.05, 3.63) is 54.6 Å². The molecule has 5 heteroatoms. The van der Waals surface area contributed by atoms with E-state index in [9.17, 15) is 5.11 Å². The highest BCUT2D eigenvalue weighted by atomic mass is 35.5. The van der Waals surface area contributed by atoms with E-state index in [2.05, 4.69) is 40.1 Å². The highest BCUT2D eigenvalue weighted by Crippen LogP contribution is 2.18. The summed E-state index contributed by atoms with van der Waals surface area (Å²) in [6.07, 6.45) is 0. The van der Waals surface area contributed by atoms with E-state index in [1.165, 1.54) is 5.69 Å². The fraction of sp³-hybridized carbons (Fsp3) is 0.333. The zero-order valence-corrected chi connectivity index (χ0v) is 13.9. The van der Waals surface area contributed by atoms with Gasteiger partial charge < -0.3 is 14.7 Å². The van der Waals surface area contributed by atoms with Crippen LogP contribution in [0.3, 0.4) is 0 Å². The number of benzene rings is 2. The first kappa shape index (κ1) is 17.4. The largest absolute Gasteiger partial charge is 0.508 e. The Balaban J connectivity index is 0.00000192. The van der Waals surface area contributed by atoms with Gasteiger partial charge >= 0.3 is 0 Å². The molecule has 0 radical (unpaired) electrons. The van der Waals surface area contributed by atoms with Crippen molar-refractivity contribution < 1.29 is 9.84 Å². The van der Waals surface area contributed by atoms with Crippen LogP contribution in [0.5, 0.6) is 11.5 Å². The monoisotopic (exact) mass is 334 g/mol. The third kappa shape index (κ3) is 5.05. The molecule has 1 saturated heterocycles. The highest BCUT2D eigenvalue weighted by Gasteiger charge is 2.16. The number of anilines is 1. The number of piperazine rings is 1. The lowest BCUT2D eigenvalue weighted by molar-refractivity contribution is 0.200. The Labute approximate surface area is 143 Å². The molecule has 2 aromatic carbocycles. The molecule has 1 heterocycles. The Morgan fingerprint density at radius 3 is 2.35 bits per heavy atom. The Morgan fingerprint density at radius 2 is 1.65 bits per heavy atom. The van der Waals surface area contributed by atoms with Crippen LogP contribution in [0.15, 0.2) is 54.6 Å². The minimum Gasteiger partial charge on any atom is -0.508 e. The van der Waals surface area contributed by atoms with Crippen molar-refractivity contribution in [3.8, 4) is 11.5 Å². The molecule has 1 N–H and O–H groups in total. The molecule has 3 rings (SSSR count). The second-order valence-electron chi connectivity index (χ2n) is 5.51. The minimum absolute atomic E-state index is 0. The van der Waals surface area contributed by atoms with Crippen LogP contribution in [0.25, 0.3) is 0 Å². The normalized spacial score (nSPS) is 15.0. The topological polar surface area (TPSA) is 35.9 Å². The third-order valence-corrected chi connectivity index (χ3v) is 3.99. The molecule has 1 aliphatic rings. The van der Waals surface area contributed by atoms with Crippen molar-refractivity contribution in [2.24, 2.45) is 0 Å². The molecule has 0 atom stereocenters. The molecule has 0 saturated carbocycles. The van der Waals surface area contributed by atoms with Crippen molar-refractivity contribution in [2.75, 3.05) is 44.2 Å². The molecular weight excluding hydrogens is 312 g/mol. The lowest BCUT2D eigenvalue weighted by Gasteiger charge is -2.36. The summed E-state index contributed by atoms with van der Waals surface area (Å²) < 4.78 is 5.69. The number of rotatable bonds is 5. The molecule has 0 aromatic heterocycles. The van der Waals surface area contributed by atoms with Gasteiger partial charge in [-0.05, 0) is 24.3 Å². The maximum Gasteiger partial charge on any atom is 0.123 e.